The molecule has 120 valence electrons. The second-order valence-electron chi connectivity index (χ2n) is 5.47. The van der Waals surface area contributed by atoms with Gasteiger partial charge in [-0.15, -0.1) is 0 Å². The molecule has 2 heterocycles. The van der Waals surface area contributed by atoms with Crippen molar-refractivity contribution in [2.24, 2.45) is 0 Å². The minimum absolute atomic E-state index is 0.270. The van der Waals surface area contributed by atoms with Crippen LogP contribution in [0.5, 0.6) is 0 Å². The molecule has 0 bridgehead atoms. The van der Waals surface area contributed by atoms with Crippen LogP contribution in [-0.4, -0.2) is 14.5 Å². The highest BCUT2D eigenvalue weighted by molar-refractivity contribution is 5.78. The zero-order valence-corrected chi connectivity index (χ0v) is 12.9. The van der Waals surface area contributed by atoms with Gasteiger partial charge in [-0.1, -0.05) is 31.2 Å². The van der Waals surface area contributed by atoms with E-state index in [9.17, 15) is 13.2 Å². The number of hydrogen-bond acceptors (Lipinski definition) is 2. The highest BCUT2D eigenvalue weighted by atomic mass is 19.4. The van der Waals surface area contributed by atoms with E-state index in [1.165, 1.54) is 0 Å². The maximum Gasteiger partial charge on any atom is 0.417 e. The summed E-state index contributed by atoms with van der Waals surface area (Å²) < 4.78 is 40.5. The van der Waals surface area contributed by atoms with Gasteiger partial charge in [-0.3, -0.25) is 0 Å². The molecular weight excluding hydrogens is 303 g/mol. The summed E-state index contributed by atoms with van der Waals surface area (Å²) in [5.74, 6) is 0.659. The van der Waals surface area contributed by atoms with E-state index in [1.807, 2.05) is 42.7 Å². The number of nitrogens with zero attached hydrogens (tertiary/aromatic N) is 3. The quantitative estimate of drug-likeness (QED) is 0.692. The van der Waals surface area contributed by atoms with E-state index in [-0.39, 0.29) is 5.52 Å². The first kappa shape index (κ1) is 15.5. The van der Waals surface area contributed by atoms with Crippen molar-refractivity contribution in [2.45, 2.75) is 33.0 Å². The minimum Gasteiger partial charge on any atom is -0.309 e. The maximum atomic E-state index is 12.9. The van der Waals surface area contributed by atoms with Crippen LogP contribution in [0.2, 0.25) is 0 Å². The van der Waals surface area contributed by atoms with Gasteiger partial charge >= 0.3 is 6.18 Å². The van der Waals surface area contributed by atoms with Crippen LogP contribution in [0.3, 0.4) is 0 Å². The SMILES string of the molecule is CCCn1c(-c2ccccc2C)nc2cc(C(F)(F)F)cnc21. The molecule has 0 amide bonds. The van der Waals surface area contributed by atoms with Crippen LogP contribution in [0, 0.1) is 6.92 Å². The topological polar surface area (TPSA) is 30.7 Å². The van der Waals surface area contributed by atoms with Crippen molar-refractivity contribution >= 4 is 11.2 Å². The van der Waals surface area contributed by atoms with Gasteiger partial charge in [0.25, 0.3) is 0 Å². The van der Waals surface area contributed by atoms with Gasteiger partial charge in [0.2, 0.25) is 0 Å². The monoisotopic (exact) mass is 319 g/mol. The molecule has 1 aromatic carbocycles. The predicted molar refractivity (Wildman–Crippen MR) is 83.0 cm³/mol. The number of pyridine rings is 1. The number of hydrogen-bond donors (Lipinski definition) is 0. The molecule has 0 aliphatic rings. The van der Waals surface area contributed by atoms with Crippen molar-refractivity contribution in [2.75, 3.05) is 0 Å². The molecule has 0 aliphatic carbocycles. The van der Waals surface area contributed by atoms with Gasteiger partial charge in [0.1, 0.15) is 11.3 Å². The van der Waals surface area contributed by atoms with Crippen LogP contribution >= 0.6 is 0 Å². The Hall–Kier alpha value is -2.37. The second-order valence-corrected chi connectivity index (χ2v) is 5.47. The zero-order chi connectivity index (χ0) is 16.6. The van der Waals surface area contributed by atoms with Crippen molar-refractivity contribution in [1.82, 2.24) is 14.5 Å². The summed E-state index contributed by atoms with van der Waals surface area (Å²) in [6.45, 7) is 4.62. The summed E-state index contributed by atoms with van der Waals surface area (Å²) in [6.07, 6.45) is -2.70. The van der Waals surface area contributed by atoms with Crippen LogP contribution < -0.4 is 0 Å². The number of aromatic nitrogens is 3. The van der Waals surface area contributed by atoms with E-state index >= 15 is 0 Å². The number of halogens is 3. The lowest BCUT2D eigenvalue weighted by Crippen LogP contribution is -2.06. The highest BCUT2D eigenvalue weighted by Gasteiger charge is 2.32. The van der Waals surface area contributed by atoms with E-state index in [2.05, 4.69) is 9.97 Å². The first-order chi connectivity index (χ1) is 10.9. The molecule has 0 unspecified atom stereocenters. The smallest absolute Gasteiger partial charge is 0.309 e. The summed E-state index contributed by atoms with van der Waals surface area (Å²) >= 11 is 0. The number of aryl methyl sites for hydroxylation is 2. The normalized spacial score (nSPS) is 12.0. The van der Waals surface area contributed by atoms with Crippen molar-refractivity contribution in [3.63, 3.8) is 0 Å². The minimum atomic E-state index is -4.42. The molecule has 0 fully saturated rings. The van der Waals surface area contributed by atoms with Gasteiger partial charge in [-0.25, -0.2) is 9.97 Å². The number of alkyl halides is 3. The van der Waals surface area contributed by atoms with Gasteiger partial charge in [0.15, 0.2) is 5.65 Å². The fraction of sp³-hybridized carbons (Fsp3) is 0.294. The van der Waals surface area contributed by atoms with Gasteiger partial charge in [-0.05, 0) is 25.0 Å². The van der Waals surface area contributed by atoms with Crippen LogP contribution in [0.1, 0.15) is 24.5 Å². The fourth-order valence-corrected chi connectivity index (χ4v) is 2.63. The number of rotatable bonds is 3. The number of benzene rings is 1. The molecule has 2 aromatic heterocycles. The number of fused-ring (bicyclic) bond motifs is 1. The summed E-state index contributed by atoms with van der Waals surface area (Å²) in [5.41, 5.74) is 1.91. The van der Waals surface area contributed by atoms with Crippen molar-refractivity contribution in [3.8, 4) is 11.4 Å². The third-order valence-corrected chi connectivity index (χ3v) is 3.75. The Labute approximate surface area is 131 Å². The summed E-state index contributed by atoms with van der Waals surface area (Å²) in [6, 6.07) is 8.77. The zero-order valence-electron chi connectivity index (χ0n) is 12.9. The molecule has 3 aromatic rings. The lowest BCUT2D eigenvalue weighted by atomic mass is 10.1. The average Bonchev–Trinajstić information content (AvgIpc) is 2.85. The molecule has 0 aliphatic heterocycles. The van der Waals surface area contributed by atoms with Crippen LogP contribution in [0.25, 0.3) is 22.6 Å². The standard InChI is InChI=1S/C17H16F3N3/c1-3-8-23-15(13-7-5-4-6-11(13)2)22-14-9-12(17(18,19)20)10-21-16(14)23/h4-7,9-10H,3,8H2,1-2H3. The van der Waals surface area contributed by atoms with E-state index in [1.54, 1.807) is 0 Å². The predicted octanol–water partition coefficient (Wildman–Crippen LogP) is 4.84. The van der Waals surface area contributed by atoms with Crippen molar-refractivity contribution < 1.29 is 13.2 Å². The molecule has 0 N–H and O–H groups in total. The Morgan fingerprint density at radius 1 is 1.17 bits per heavy atom. The Morgan fingerprint density at radius 2 is 1.91 bits per heavy atom. The van der Waals surface area contributed by atoms with Crippen LogP contribution in [-0.2, 0) is 12.7 Å². The average molecular weight is 319 g/mol. The van der Waals surface area contributed by atoms with Crippen molar-refractivity contribution in [1.29, 1.82) is 0 Å². The van der Waals surface area contributed by atoms with E-state index < -0.39 is 11.7 Å². The third kappa shape index (κ3) is 2.81. The van der Waals surface area contributed by atoms with Gasteiger partial charge in [0.05, 0.1) is 5.56 Å². The Balaban J connectivity index is 2.25. The van der Waals surface area contributed by atoms with Gasteiger partial charge in [-0.2, -0.15) is 13.2 Å². The first-order valence-electron chi connectivity index (χ1n) is 7.41. The molecule has 0 saturated carbocycles. The largest absolute Gasteiger partial charge is 0.417 e. The molecule has 0 saturated heterocycles. The molecule has 0 spiro atoms. The molecule has 3 rings (SSSR count). The Kier molecular flexibility index (Phi) is 3.83. The van der Waals surface area contributed by atoms with E-state index in [0.29, 0.717) is 18.0 Å². The van der Waals surface area contributed by atoms with Crippen LogP contribution in [0.4, 0.5) is 13.2 Å². The van der Waals surface area contributed by atoms with E-state index in [4.69, 9.17) is 0 Å². The highest BCUT2D eigenvalue weighted by Crippen LogP contribution is 2.32. The molecule has 6 heteroatoms. The molecule has 0 atom stereocenters. The van der Waals surface area contributed by atoms with Crippen molar-refractivity contribution in [3.05, 3.63) is 47.7 Å². The lowest BCUT2D eigenvalue weighted by molar-refractivity contribution is -0.137. The molecule has 3 nitrogen and oxygen atoms in total. The van der Waals surface area contributed by atoms with E-state index in [0.717, 1.165) is 29.8 Å². The van der Waals surface area contributed by atoms with Crippen LogP contribution in [0.15, 0.2) is 36.5 Å². The summed E-state index contributed by atoms with van der Waals surface area (Å²) in [4.78, 5) is 8.46. The molecule has 23 heavy (non-hydrogen) atoms. The Bertz CT molecular complexity index is 850. The third-order valence-electron chi connectivity index (χ3n) is 3.75. The molecular formula is C17H16F3N3. The number of imidazole rings is 1. The summed E-state index contributed by atoms with van der Waals surface area (Å²) in [5, 5.41) is 0. The molecule has 0 radical (unpaired) electrons. The second kappa shape index (κ2) is 5.68. The first-order valence-corrected chi connectivity index (χ1v) is 7.41. The summed E-state index contributed by atoms with van der Waals surface area (Å²) in [7, 11) is 0. The van der Waals surface area contributed by atoms with Gasteiger partial charge in [0, 0.05) is 18.3 Å². The van der Waals surface area contributed by atoms with Gasteiger partial charge < -0.3 is 4.57 Å². The Morgan fingerprint density at radius 3 is 2.57 bits per heavy atom. The lowest BCUT2D eigenvalue weighted by Gasteiger charge is -2.09. The fourth-order valence-electron chi connectivity index (χ4n) is 2.63. The maximum absolute atomic E-state index is 12.9.